The topological polar surface area (TPSA) is 84.6 Å². The van der Waals surface area contributed by atoms with Gasteiger partial charge in [0.25, 0.3) is 11.6 Å². The number of nitro benzene ring substituents is 1. The highest BCUT2D eigenvalue weighted by Crippen LogP contribution is 2.17. The largest absolute Gasteiger partial charge is 0.278 e. The number of halogens is 1. The van der Waals surface area contributed by atoms with Gasteiger partial charge in [0.05, 0.1) is 27.3 Å². The van der Waals surface area contributed by atoms with Gasteiger partial charge in [-0.2, -0.15) is 5.10 Å². The lowest BCUT2D eigenvalue weighted by Gasteiger charge is -2.03. The van der Waals surface area contributed by atoms with Gasteiger partial charge in [0.15, 0.2) is 0 Å². The van der Waals surface area contributed by atoms with Crippen LogP contribution in [0, 0.1) is 17.0 Å². The summed E-state index contributed by atoms with van der Waals surface area (Å²) in [5.74, 6) is -0.486. The molecule has 2 aromatic carbocycles. The number of nitro groups is 1. The summed E-state index contributed by atoms with van der Waals surface area (Å²) in [6, 6.07) is 11.1. The van der Waals surface area contributed by atoms with Gasteiger partial charge in [-0.05, 0) is 30.7 Å². The van der Waals surface area contributed by atoms with Crippen LogP contribution in [-0.2, 0) is 0 Å². The highest BCUT2D eigenvalue weighted by Gasteiger charge is 2.11. The summed E-state index contributed by atoms with van der Waals surface area (Å²) in [6.07, 6.45) is 1.22. The number of nitrogens with one attached hydrogen (secondary N) is 1. The third-order valence-corrected chi connectivity index (χ3v) is 3.19. The smallest absolute Gasteiger partial charge is 0.267 e. The molecule has 0 bridgehead atoms. The molecule has 0 radical (unpaired) electrons. The summed E-state index contributed by atoms with van der Waals surface area (Å²) < 4.78 is 0. The molecule has 2 rings (SSSR count). The second-order valence-corrected chi connectivity index (χ2v) is 4.91. The van der Waals surface area contributed by atoms with Crippen LogP contribution in [0.3, 0.4) is 0 Å². The van der Waals surface area contributed by atoms with Crippen molar-refractivity contribution in [3.63, 3.8) is 0 Å². The molecule has 0 aromatic heterocycles. The average molecular weight is 318 g/mol. The molecule has 0 saturated heterocycles. The van der Waals surface area contributed by atoms with E-state index in [9.17, 15) is 14.9 Å². The number of benzene rings is 2. The van der Waals surface area contributed by atoms with E-state index in [1.165, 1.54) is 18.3 Å². The second-order valence-electron chi connectivity index (χ2n) is 4.50. The van der Waals surface area contributed by atoms with E-state index in [-0.39, 0.29) is 11.3 Å². The maximum absolute atomic E-state index is 11.9. The summed E-state index contributed by atoms with van der Waals surface area (Å²) >= 11 is 5.99. The molecule has 112 valence electrons. The Morgan fingerprint density at radius 2 is 2.05 bits per heavy atom. The van der Waals surface area contributed by atoms with Crippen LogP contribution in [0.15, 0.2) is 47.6 Å². The van der Waals surface area contributed by atoms with E-state index in [0.717, 1.165) is 5.56 Å². The average Bonchev–Trinajstić information content (AvgIpc) is 2.47. The summed E-state index contributed by atoms with van der Waals surface area (Å²) in [4.78, 5) is 22.3. The van der Waals surface area contributed by atoms with Crippen LogP contribution in [0.2, 0.25) is 5.02 Å². The van der Waals surface area contributed by atoms with Gasteiger partial charge in [0, 0.05) is 6.07 Å². The number of rotatable bonds is 4. The Bertz CT molecular complexity index is 759. The molecule has 7 heteroatoms. The van der Waals surface area contributed by atoms with Gasteiger partial charge < -0.3 is 0 Å². The second kappa shape index (κ2) is 6.82. The number of aryl methyl sites for hydroxylation is 1. The molecule has 0 unspecified atom stereocenters. The Labute approximate surface area is 131 Å². The van der Waals surface area contributed by atoms with Crippen molar-refractivity contribution in [2.24, 2.45) is 5.10 Å². The molecule has 0 saturated carbocycles. The van der Waals surface area contributed by atoms with Crippen LogP contribution in [0.4, 0.5) is 5.69 Å². The highest BCUT2D eigenvalue weighted by molar-refractivity contribution is 6.33. The summed E-state index contributed by atoms with van der Waals surface area (Å²) in [6.45, 7) is 1.86. The first kappa shape index (κ1) is 15.7. The zero-order valence-corrected chi connectivity index (χ0v) is 12.4. The molecule has 0 aliphatic rings. The fourth-order valence-corrected chi connectivity index (χ4v) is 2.11. The maximum atomic E-state index is 11.9. The first-order valence-electron chi connectivity index (χ1n) is 6.32. The van der Waals surface area contributed by atoms with Crippen LogP contribution in [0.5, 0.6) is 0 Å². The van der Waals surface area contributed by atoms with Crippen LogP contribution in [-0.4, -0.2) is 17.0 Å². The third kappa shape index (κ3) is 3.67. The number of nitrogens with zero attached hydrogens (tertiary/aromatic N) is 2. The number of amides is 1. The normalized spacial score (nSPS) is 10.6. The van der Waals surface area contributed by atoms with Crippen molar-refractivity contribution < 1.29 is 9.72 Å². The first-order valence-corrected chi connectivity index (χ1v) is 6.70. The van der Waals surface area contributed by atoms with Gasteiger partial charge in [-0.3, -0.25) is 14.9 Å². The molecule has 0 atom stereocenters. The predicted octanol–water partition coefficient (Wildman–Crippen LogP) is 3.32. The van der Waals surface area contributed by atoms with E-state index in [2.05, 4.69) is 10.5 Å². The van der Waals surface area contributed by atoms with Gasteiger partial charge >= 0.3 is 0 Å². The Morgan fingerprint density at radius 3 is 2.73 bits per heavy atom. The van der Waals surface area contributed by atoms with Crippen molar-refractivity contribution in [1.29, 1.82) is 0 Å². The molecule has 0 aliphatic heterocycles. The number of carbonyl (C=O) groups is 1. The molecule has 0 spiro atoms. The quantitative estimate of drug-likeness (QED) is 0.533. The summed E-state index contributed by atoms with van der Waals surface area (Å²) in [7, 11) is 0. The van der Waals surface area contributed by atoms with Crippen molar-refractivity contribution in [3.05, 3.63) is 74.3 Å². The standard InChI is InChI=1S/C15H12ClN3O3/c1-10-6-7-12(13(16)8-10)15(20)18-17-9-11-4-2-3-5-14(11)19(21)22/h2-9H,1H3,(H,18,20). The van der Waals surface area contributed by atoms with Crippen molar-refractivity contribution in [2.75, 3.05) is 0 Å². The summed E-state index contributed by atoms with van der Waals surface area (Å²) in [5, 5.41) is 14.9. The number of carbonyl (C=O) groups excluding carboxylic acids is 1. The minimum absolute atomic E-state index is 0.0890. The Morgan fingerprint density at radius 1 is 1.32 bits per heavy atom. The van der Waals surface area contributed by atoms with Crippen molar-refractivity contribution in [1.82, 2.24) is 5.43 Å². The SMILES string of the molecule is Cc1ccc(C(=O)NN=Cc2ccccc2[N+](=O)[O-])c(Cl)c1. The molecule has 1 N–H and O–H groups in total. The van der Waals surface area contributed by atoms with Crippen molar-refractivity contribution >= 4 is 29.4 Å². The van der Waals surface area contributed by atoms with Gasteiger partial charge in [-0.15, -0.1) is 0 Å². The lowest BCUT2D eigenvalue weighted by atomic mass is 10.1. The van der Waals surface area contributed by atoms with E-state index in [1.807, 2.05) is 6.92 Å². The highest BCUT2D eigenvalue weighted by atomic mass is 35.5. The van der Waals surface area contributed by atoms with E-state index in [0.29, 0.717) is 10.6 Å². The lowest BCUT2D eigenvalue weighted by Crippen LogP contribution is -2.18. The minimum Gasteiger partial charge on any atom is -0.267 e. The number of hydrazone groups is 1. The van der Waals surface area contributed by atoms with Gasteiger partial charge in [-0.25, -0.2) is 5.43 Å². The monoisotopic (exact) mass is 317 g/mol. The Kier molecular flexibility index (Phi) is 4.85. The first-order chi connectivity index (χ1) is 10.5. The van der Waals surface area contributed by atoms with Crippen molar-refractivity contribution in [2.45, 2.75) is 6.92 Å². The van der Waals surface area contributed by atoms with Crippen LogP contribution in [0.1, 0.15) is 21.5 Å². The van der Waals surface area contributed by atoms with Crippen LogP contribution in [0.25, 0.3) is 0 Å². The van der Waals surface area contributed by atoms with E-state index >= 15 is 0 Å². The van der Waals surface area contributed by atoms with Crippen LogP contribution >= 0.6 is 11.6 Å². The predicted molar refractivity (Wildman–Crippen MR) is 84.3 cm³/mol. The van der Waals surface area contributed by atoms with Gasteiger partial charge in [0.2, 0.25) is 0 Å². The molecule has 0 fully saturated rings. The maximum Gasteiger partial charge on any atom is 0.278 e. The molecular formula is C15H12ClN3O3. The number of hydrogen-bond donors (Lipinski definition) is 1. The molecule has 22 heavy (non-hydrogen) atoms. The van der Waals surface area contributed by atoms with E-state index in [1.54, 1.807) is 30.3 Å². The molecule has 6 nitrogen and oxygen atoms in total. The zero-order valence-electron chi connectivity index (χ0n) is 11.6. The van der Waals surface area contributed by atoms with Crippen LogP contribution < -0.4 is 5.43 Å². The molecule has 2 aromatic rings. The minimum atomic E-state index is -0.514. The fraction of sp³-hybridized carbons (Fsp3) is 0.0667. The molecule has 0 aliphatic carbocycles. The Balaban J connectivity index is 2.13. The molecule has 0 heterocycles. The van der Waals surface area contributed by atoms with Gasteiger partial charge in [0.1, 0.15) is 0 Å². The Hall–Kier alpha value is -2.73. The zero-order chi connectivity index (χ0) is 16.1. The molecule has 1 amide bonds. The van der Waals surface area contributed by atoms with E-state index < -0.39 is 10.8 Å². The third-order valence-electron chi connectivity index (χ3n) is 2.87. The van der Waals surface area contributed by atoms with Crippen molar-refractivity contribution in [3.8, 4) is 0 Å². The fourth-order valence-electron chi connectivity index (χ4n) is 1.79. The lowest BCUT2D eigenvalue weighted by molar-refractivity contribution is -0.385. The number of para-hydroxylation sites is 1. The van der Waals surface area contributed by atoms with Gasteiger partial charge in [-0.1, -0.05) is 29.8 Å². The molecular weight excluding hydrogens is 306 g/mol. The number of hydrogen-bond acceptors (Lipinski definition) is 4. The van der Waals surface area contributed by atoms with E-state index in [4.69, 9.17) is 11.6 Å². The summed E-state index contributed by atoms with van der Waals surface area (Å²) in [5.41, 5.74) is 3.72.